The van der Waals surface area contributed by atoms with Gasteiger partial charge in [-0.05, 0) is 18.9 Å². The van der Waals surface area contributed by atoms with Crippen LogP contribution >= 0.6 is 0 Å². The summed E-state index contributed by atoms with van der Waals surface area (Å²) in [7, 11) is 0. The fraction of sp³-hybridized carbons (Fsp3) is 0.417. The molecule has 0 atom stereocenters. The number of aromatic carboxylic acids is 1. The minimum Gasteiger partial charge on any atom is -0.478 e. The Morgan fingerprint density at radius 2 is 2.40 bits per heavy atom. The Morgan fingerprint density at radius 1 is 1.67 bits per heavy atom. The summed E-state index contributed by atoms with van der Waals surface area (Å²) in [5, 5.41) is 9.00. The van der Waals surface area contributed by atoms with Crippen molar-refractivity contribution in [2.24, 2.45) is 0 Å². The molecule has 0 aliphatic rings. The standard InChI is InChI=1S/C12H17NO2/c1-3-5-8-13-9-7-10(12(14)15)11(13)6-4-2/h3,7,9H,1,4-6,8H2,2H3,(H,14,15). The fourth-order valence-electron chi connectivity index (χ4n) is 1.66. The zero-order valence-corrected chi connectivity index (χ0v) is 9.07. The summed E-state index contributed by atoms with van der Waals surface area (Å²) >= 11 is 0. The molecule has 0 aromatic carbocycles. The van der Waals surface area contributed by atoms with Gasteiger partial charge in [-0.25, -0.2) is 4.79 Å². The third-order valence-corrected chi connectivity index (χ3v) is 2.37. The molecule has 3 nitrogen and oxygen atoms in total. The van der Waals surface area contributed by atoms with E-state index in [1.165, 1.54) is 0 Å². The predicted octanol–water partition coefficient (Wildman–Crippen LogP) is 2.71. The minimum atomic E-state index is -0.837. The van der Waals surface area contributed by atoms with Gasteiger partial charge in [0.15, 0.2) is 0 Å². The molecule has 1 heterocycles. The Kier molecular flexibility index (Phi) is 4.16. The largest absolute Gasteiger partial charge is 0.478 e. The zero-order valence-electron chi connectivity index (χ0n) is 9.07. The topological polar surface area (TPSA) is 42.2 Å². The lowest BCUT2D eigenvalue weighted by molar-refractivity contribution is 0.0695. The molecule has 0 fully saturated rings. The maximum absolute atomic E-state index is 11.0. The van der Waals surface area contributed by atoms with Crippen molar-refractivity contribution in [3.63, 3.8) is 0 Å². The predicted molar refractivity (Wildman–Crippen MR) is 60.2 cm³/mol. The van der Waals surface area contributed by atoms with Crippen LogP contribution in [-0.2, 0) is 13.0 Å². The Balaban J connectivity index is 2.94. The average Bonchev–Trinajstić information content (AvgIpc) is 2.59. The van der Waals surface area contributed by atoms with E-state index < -0.39 is 5.97 Å². The highest BCUT2D eigenvalue weighted by atomic mass is 16.4. The van der Waals surface area contributed by atoms with E-state index in [0.29, 0.717) is 5.56 Å². The molecule has 0 unspecified atom stereocenters. The van der Waals surface area contributed by atoms with Crippen LogP contribution in [-0.4, -0.2) is 15.6 Å². The molecule has 15 heavy (non-hydrogen) atoms. The van der Waals surface area contributed by atoms with Gasteiger partial charge in [0.25, 0.3) is 0 Å². The Morgan fingerprint density at radius 3 is 2.93 bits per heavy atom. The quantitative estimate of drug-likeness (QED) is 0.729. The Bertz CT molecular complexity index is 353. The van der Waals surface area contributed by atoms with Crippen LogP contribution in [0.2, 0.25) is 0 Å². The number of carbonyl (C=O) groups is 1. The summed E-state index contributed by atoms with van der Waals surface area (Å²) in [6, 6.07) is 1.68. The summed E-state index contributed by atoms with van der Waals surface area (Å²) in [6.45, 7) is 6.53. The molecule has 82 valence electrons. The van der Waals surface area contributed by atoms with Crippen LogP contribution in [0.1, 0.15) is 35.8 Å². The molecule has 0 saturated heterocycles. The monoisotopic (exact) mass is 207 g/mol. The Labute approximate surface area is 90.0 Å². The van der Waals surface area contributed by atoms with Crippen molar-refractivity contribution in [2.75, 3.05) is 0 Å². The van der Waals surface area contributed by atoms with Crippen LogP contribution in [0.3, 0.4) is 0 Å². The van der Waals surface area contributed by atoms with Crippen molar-refractivity contribution in [3.8, 4) is 0 Å². The van der Waals surface area contributed by atoms with Gasteiger partial charge in [-0.1, -0.05) is 19.4 Å². The summed E-state index contributed by atoms with van der Waals surface area (Å²) in [5.41, 5.74) is 1.35. The highest BCUT2D eigenvalue weighted by Gasteiger charge is 2.13. The van der Waals surface area contributed by atoms with Crippen molar-refractivity contribution in [1.82, 2.24) is 4.57 Å². The first-order chi connectivity index (χ1) is 7.20. The molecular formula is C12H17NO2. The van der Waals surface area contributed by atoms with Crippen LogP contribution < -0.4 is 0 Å². The lowest BCUT2D eigenvalue weighted by Gasteiger charge is -2.07. The molecular weight excluding hydrogens is 190 g/mol. The number of hydrogen-bond donors (Lipinski definition) is 1. The van der Waals surface area contributed by atoms with Gasteiger partial charge in [0.1, 0.15) is 0 Å². The molecule has 0 spiro atoms. The van der Waals surface area contributed by atoms with Gasteiger partial charge in [-0.3, -0.25) is 0 Å². The number of allylic oxidation sites excluding steroid dienone is 1. The number of hydrogen-bond acceptors (Lipinski definition) is 1. The molecule has 0 aliphatic heterocycles. The zero-order chi connectivity index (χ0) is 11.3. The van der Waals surface area contributed by atoms with Gasteiger partial charge in [0.2, 0.25) is 0 Å². The van der Waals surface area contributed by atoms with E-state index >= 15 is 0 Å². The van der Waals surface area contributed by atoms with Gasteiger partial charge < -0.3 is 9.67 Å². The van der Waals surface area contributed by atoms with E-state index in [2.05, 4.69) is 13.5 Å². The number of carboxylic acid groups (broad SMARTS) is 1. The van der Waals surface area contributed by atoms with E-state index in [-0.39, 0.29) is 0 Å². The minimum absolute atomic E-state index is 0.431. The first-order valence-corrected chi connectivity index (χ1v) is 5.22. The average molecular weight is 207 g/mol. The van der Waals surface area contributed by atoms with Gasteiger partial charge in [-0.2, -0.15) is 0 Å². The summed E-state index contributed by atoms with van der Waals surface area (Å²) < 4.78 is 2.01. The van der Waals surface area contributed by atoms with Crippen LogP contribution in [0, 0.1) is 0 Å². The van der Waals surface area contributed by atoms with E-state index in [4.69, 9.17) is 5.11 Å². The molecule has 0 aliphatic carbocycles. The van der Waals surface area contributed by atoms with Crippen LogP contribution in [0.15, 0.2) is 24.9 Å². The maximum atomic E-state index is 11.0. The van der Waals surface area contributed by atoms with Crippen molar-refractivity contribution >= 4 is 5.97 Å². The van der Waals surface area contributed by atoms with Gasteiger partial charge in [0.05, 0.1) is 5.56 Å². The SMILES string of the molecule is C=CCCn1ccc(C(=O)O)c1CCC. The number of nitrogens with zero attached hydrogens (tertiary/aromatic N) is 1. The third-order valence-electron chi connectivity index (χ3n) is 2.37. The molecule has 0 saturated carbocycles. The smallest absolute Gasteiger partial charge is 0.337 e. The molecule has 0 bridgehead atoms. The number of aryl methyl sites for hydroxylation is 1. The molecule has 1 rings (SSSR count). The van der Waals surface area contributed by atoms with Crippen molar-refractivity contribution in [2.45, 2.75) is 32.7 Å². The fourth-order valence-corrected chi connectivity index (χ4v) is 1.66. The highest BCUT2D eigenvalue weighted by Crippen LogP contribution is 2.14. The highest BCUT2D eigenvalue weighted by molar-refractivity contribution is 5.89. The first kappa shape index (κ1) is 11.6. The van der Waals surface area contributed by atoms with Gasteiger partial charge >= 0.3 is 5.97 Å². The van der Waals surface area contributed by atoms with Crippen molar-refractivity contribution < 1.29 is 9.90 Å². The number of rotatable bonds is 6. The first-order valence-electron chi connectivity index (χ1n) is 5.22. The lowest BCUT2D eigenvalue weighted by Crippen LogP contribution is -2.06. The molecule has 0 radical (unpaired) electrons. The van der Waals surface area contributed by atoms with Crippen LogP contribution in [0.4, 0.5) is 0 Å². The van der Waals surface area contributed by atoms with Gasteiger partial charge in [-0.15, -0.1) is 6.58 Å². The number of aromatic nitrogens is 1. The summed E-state index contributed by atoms with van der Waals surface area (Å²) in [6.07, 6.45) is 6.32. The second-order valence-corrected chi connectivity index (χ2v) is 3.50. The van der Waals surface area contributed by atoms with Gasteiger partial charge in [0, 0.05) is 18.4 Å². The normalized spacial score (nSPS) is 10.2. The van der Waals surface area contributed by atoms with Crippen molar-refractivity contribution in [3.05, 3.63) is 36.2 Å². The molecule has 1 aromatic heterocycles. The van der Waals surface area contributed by atoms with E-state index in [9.17, 15) is 4.79 Å². The lowest BCUT2D eigenvalue weighted by atomic mass is 10.1. The van der Waals surface area contributed by atoms with Crippen LogP contribution in [0.5, 0.6) is 0 Å². The molecule has 1 aromatic rings. The Hall–Kier alpha value is -1.51. The maximum Gasteiger partial charge on any atom is 0.337 e. The summed E-state index contributed by atoms with van der Waals surface area (Å²) in [4.78, 5) is 11.0. The molecule has 0 amide bonds. The second kappa shape index (κ2) is 5.39. The number of carboxylic acids is 1. The van der Waals surface area contributed by atoms with Crippen LogP contribution in [0.25, 0.3) is 0 Å². The molecule has 1 N–H and O–H groups in total. The van der Waals surface area contributed by atoms with E-state index in [1.807, 2.05) is 16.8 Å². The molecule has 3 heteroatoms. The summed E-state index contributed by atoms with van der Waals surface area (Å²) in [5.74, 6) is -0.837. The van der Waals surface area contributed by atoms with E-state index in [0.717, 1.165) is 31.5 Å². The van der Waals surface area contributed by atoms with Crippen molar-refractivity contribution in [1.29, 1.82) is 0 Å². The second-order valence-electron chi connectivity index (χ2n) is 3.50. The third kappa shape index (κ3) is 2.72. The van der Waals surface area contributed by atoms with E-state index in [1.54, 1.807) is 6.07 Å².